The number of carbonyl (C=O) groups is 3. The van der Waals surface area contributed by atoms with Crippen LogP contribution < -0.4 is 25.6 Å². The summed E-state index contributed by atoms with van der Waals surface area (Å²) in [6.07, 6.45) is 1.57. The summed E-state index contributed by atoms with van der Waals surface area (Å²) in [6.45, 7) is 0.872. The normalized spacial score (nSPS) is 12.6. The molecule has 2 aromatic carbocycles. The lowest BCUT2D eigenvalue weighted by Gasteiger charge is -2.29. The van der Waals surface area contributed by atoms with Gasteiger partial charge < -0.3 is 20.7 Å². The highest BCUT2D eigenvalue weighted by Gasteiger charge is 2.26. The van der Waals surface area contributed by atoms with Gasteiger partial charge in [0.1, 0.15) is 12.3 Å². The van der Waals surface area contributed by atoms with E-state index in [0.29, 0.717) is 37.3 Å². The van der Waals surface area contributed by atoms with Crippen molar-refractivity contribution in [1.82, 2.24) is 10.6 Å². The van der Waals surface area contributed by atoms with Gasteiger partial charge in [-0.2, -0.15) is 0 Å². The van der Waals surface area contributed by atoms with Crippen LogP contribution >= 0.6 is 0 Å². The molecule has 0 radical (unpaired) electrons. The third-order valence-corrected chi connectivity index (χ3v) is 4.77. The van der Waals surface area contributed by atoms with E-state index >= 15 is 0 Å². The molecule has 3 N–H and O–H groups in total. The molecular formula is C22H26N4O4. The molecule has 1 heterocycles. The Morgan fingerprint density at radius 2 is 1.83 bits per heavy atom. The van der Waals surface area contributed by atoms with Crippen molar-refractivity contribution >= 4 is 29.2 Å². The van der Waals surface area contributed by atoms with Crippen LogP contribution in [0, 0.1) is 0 Å². The van der Waals surface area contributed by atoms with Crippen molar-refractivity contribution < 1.29 is 19.1 Å². The Kier molecular flexibility index (Phi) is 7.26. The number of fused-ring (bicyclic) bond motifs is 1. The quantitative estimate of drug-likeness (QED) is 0.582. The van der Waals surface area contributed by atoms with Gasteiger partial charge in [-0.1, -0.05) is 24.3 Å². The summed E-state index contributed by atoms with van der Waals surface area (Å²) in [4.78, 5) is 37.6. The van der Waals surface area contributed by atoms with E-state index < -0.39 is 0 Å². The highest BCUT2D eigenvalue weighted by atomic mass is 16.5. The van der Waals surface area contributed by atoms with E-state index in [1.807, 2.05) is 30.3 Å². The van der Waals surface area contributed by atoms with Crippen LogP contribution in [0.4, 0.5) is 16.2 Å². The number of rotatable bonds is 8. The Balaban J connectivity index is 1.35. The minimum atomic E-state index is -0.350. The highest BCUT2D eigenvalue weighted by molar-refractivity contribution is 6.09. The lowest BCUT2D eigenvalue weighted by molar-refractivity contribution is -0.121. The van der Waals surface area contributed by atoms with Gasteiger partial charge in [0.25, 0.3) is 0 Å². The van der Waals surface area contributed by atoms with Gasteiger partial charge in [-0.05, 0) is 42.7 Å². The first-order chi connectivity index (χ1) is 14.6. The van der Waals surface area contributed by atoms with E-state index in [4.69, 9.17) is 4.74 Å². The maximum absolute atomic E-state index is 12.5. The number of hydrogen-bond acceptors (Lipinski definition) is 4. The Labute approximate surface area is 175 Å². The second-order valence-corrected chi connectivity index (χ2v) is 6.93. The van der Waals surface area contributed by atoms with Crippen molar-refractivity contribution in [3.8, 4) is 5.75 Å². The van der Waals surface area contributed by atoms with Crippen molar-refractivity contribution in [3.05, 3.63) is 54.1 Å². The van der Waals surface area contributed by atoms with Gasteiger partial charge in [-0.3, -0.25) is 14.5 Å². The minimum Gasteiger partial charge on any atom is -0.497 e. The van der Waals surface area contributed by atoms with Crippen molar-refractivity contribution in [2.24, 2.45) is 0 Å². The summed E-state index contributed by atoms with van der Waals surface area (Å²) in [7, 11) is 1.62. The van der Waals surface area contributed by atoms with E-state index in [9.17, 15) is 14.4 Å². The number of amides is 4. The summed E-state index contributed by atoms with van der Waals surface area (Å²) in [6, 6.07) is 14.5. The maximum Gasteiger partial charge on any atom is 0.322 e. The monoisotopic (exact) mass is 410 g/mol. The fourth-order valence-electron chi connectivity index (χ4n) is 3.18. The molecule has 0 aromatic heterocycles. The van der Waals surface area contributed by atoms with Gasteiger partial charge >= 0.3 is 6.03 Å². The number of methoxy groups -OCH3 is 1. The number of nitrogens with zero attached hydrogens (tertiary/aromatic N) is 1. The van der Waals surface area contributed by atoms with E-state index in [0.717, 1.165) is 17.7 Å². The summed E-state index contributed by atoms with van der Waals surface area (Å²) in [5.74, 6) is 0.513. The van der Waals surface area contributed by atoms with Crippen LogP contribution in [0.3, 0.4) is 0 Å². The Bertz CT molecular complexity index is 898. The summed E-state index contributed by atoms with van der Waals surface area (Å²) < 4.78 is 5.12. The van der Waals surface area contributed by atoms with Crippen molar-refractivity contribution in [2.45, 2.75) is 19.3 Å². The molecule has 0 saturated carbocycles. The Hall–Kier alpha value is -3.55. The average molecular weight is 410 g/mol. The molecule has 0 bridgehead atoms. The largest absolute Gasteiger partial charge is 0.497 e. The third-order valence-electron chi connectivity index (χ3n) is 4.77. The zero-order chi connectivity index (χ0) is 21.3. The van der Waals surface area contributed by atoms with E-state index in [1.165, 1.54) is 4.90 Å². The van der Waals surface area contributed by atoms with Crippen molar-refractivity contribution in [3.63, 3.8) is 0 Å². The van der Waals surface area contributed by atoms with Gasteiger partial charge in [0, 0.05) is 19.5 Å². The number of carbonyl (C=O) groups excluding carboxylic acids is 3. The molecule has 158 valence electrons. The number of urea groups is 1. The van der Waals surface area contributed by atoms with Crippen molar-refractivity contribution in [1.29, 1.82) is 0 Å². The van der Waals surface area contributed by atoms with Gasteiger partial charge in [-0.25, -0.2) is 4.79 Å². The molecule has 8 nitrogen and oxygen atoms in total. The molecule has 0 unspecified atom stereocenters. The predicted octanol–water partition coefficient (Wildman–Crippen LogP) is 2.30. The van der Waals surface area contributed by atoms with Gasteiger partial charge in [0.15, 0.2) is 0 Å². The third kappa shape index (κ3) is 5.73. The van der Waals surface area contributed by atoms with Gasteiger partial charge in [0.05, 0.1) is 18.5 Å². The average Bonchev–Trinajstić information content (AvgIpc) is 2.76. The molecule has 3 rings (SSSR count). The van der Waals surface area contributed by atoms with Crippen LogP contribution in [0.15, 0.2) is 48.5 Å². The Morgan fingerprint density at radius 1 is 1.07 bits per heavy atom. The fraction of sp³-hybridized carbons (Fsp3) is 0.318. The molecule has 2 aromatic rings. The van der Waals surface area contributed by atoms with Crippen molar-refractivity contribution in [2.75, 3.05) is 37.0 Å². The van der Waals surface area contributed by atoms with Crippen LogP contribution in [0.1, 0.15) is 18.4 Å². The molecule has 0 atom stereocenters. The number of ether oxygens (including phenoxy) is 1. The zero-order valence-electron chi connectivity index (χ0n) is 16.9. The van der Waals surface area contributed by atoms with E-state index in [1.54, 1.807) is 25.3 Å². The van der Waals surface area contributed by atoms with Crippen LogP contribution in [-0.2, 0) is 16.0 Å². The van der Waals surface area contributed by atoms with E-state index in [2.05, 4.69) is 16.0 Å². The number of para-hydroxylation sites is 2. The molecule has 30 heavy (non-hydrogen) atoms. The topological polar surface area (TPSA) is 99.8 Å². The SMILES string of the molecule is COc1ccc(CCNC(=O)CCCNC(=O)N2CC(=O)Nc3ccccc32)cc1. The van der Waals surface area contributed by atoms with Crippen LogP contribution in [0.5, 0.6) is 5.75 Å². The maximum atomic E-state index is 12.5. The second kappa shape index (κ2) is 10.3. The standard InChI is InChI=1S/C22H26N4O4/c1-30-17-10-8-16(9-11-17)12-14-23-20(27)7-4-13-24-22(29)26-15-21(28)25-18-5-2-3-6-19(18)26/h2-3,5-6,8-11H,4,7,12-15H2,1H3,(H,23,27)(H,24,29)(H,25,28). The first-order valence-electron chi connectivity index (χ1n) is 9.90. The molecule has 1 aliphatic heterocycles. The van der Waals surface area contributed by atoms with Gasteiger partial charge in [0.2, 0.25) is 11.8 Å². The fourth-order valence-corrected chi connectivity index (χ4v) is 3.18. The highest BCUT2D eigenvalue weighted by Crippen LogP contribution is 2.28. The van der Waals surface area contributed by atoms with E-state index in [-0.39, 0.29) is 24.4 Å². The first kappa shape index (κ1) is 21.2. The van der Waals surface area contributed by atoms with Gasteiger partial charge in [-0.15, -0.1) is 0 Å². The number of nitrogens with one attached hydrogen (secondary N) is 3. The molecule has 0 spiro atoms. The molecule has 8 heteroatoms. The molecule has 1 aliphatic rings. The number of hydrogen-bond donors (Lipinski definition) is 3. The van der Waals surface area contributed by atoms with Crippen LogP contribution in [0.2, 0.25) is 0 Å². The number of anilines is 2. The summed E-state index contributed by atoms with van der Waals surface area (Å²) in [5.41, 5.74) is 2.39. The summed E-state index contributed by atoms with van der Waals surface area (Å²) in [5, 5.41) is 8.41. The number of benzene rings is 2. The lowest BCUT2D eigenvalue weighted by Crippen LogP contribution is -2.47. The lowest BCUT2D eigenvalue weighted by atomic mass is 10.1. The molecule has 4 amide bonds. The minimum absolute atomic E-state index is 0.0330. The molecule has 0 fully saturated rings. The van der Waals surface area contributed by atoms with Crippen LogP contribution in [0.25, 0.3) is 0 Å². The summed E-state index contributed by atoms with van der Waals surface area (Å²) >= 11 is 0. The van der Waals surface area contributed by atoms with Crippen LogP contribution in [-0.4, -0.2) is 44.6 Å². The zero-order valence-corrected chi connectivity index (χ0v) is 16.9. The molecular weight excluding hydrogens is 384 g/mol. The molecule has 0 aliphatic carbocycles. The predicted molar refractivity (Wildman–Crippen MR) is 115 cm³/mol. The Morgan fingerprint density at radius 3 is 2.60 bits per heavy atom. The first-order valence-corrected chi connectivity index (χ1v) is 9.90. The molecule has 0 saturated heterocycles. The second-order valence-electron chi connectivity index (χ2n) is 6.93. The smallest absolute Gasteiger partial charge is 0.322 e.